The third-order valence-corrected chi connectivity index (χ3v) is 1.92. The van der Waals surface area contributed by atoms with E-state index >= 15 is 0 Å². The highest BCUT2D eigenvalue weighted by molar-refractivity contribution is 5.86. The number of aromatic nitrogens is 3. The molecule has 76 valence electrons. The standard InChI is InChI=1S/C10H9N3O2/c1-7-6-8(10(14)15)13(12-7)9-4-2-3-5-11-9/h2-6H,1H3,(H,14,15). The molecule has 2 aromatic heterocycles. The molecule has 0 aromatic carbocycles. The van der Waals surface area contributed by atoms with Crippen LogP contribution >= 0.6 is 0 Å². The number of carbonyl (C=O) groups is 1. The van der Waals surface area contributed by atoms with Gasteiger partial charge in [0.05, 0.1) is 5.69 Å². The second kappa shape index (κ2) is 3.53. The fourth-order valence-electron chi connectivity index (χ4n) is 1.31. The number of pyridine rings is 1. The zero-order chi connectivity index (χ0) is 10.8. The van der Waals surface area contributed by atoms with Gasteiger partial charge in [-0.25, -0.2) is 14.5 Å². The van der Waals surface area contributed by atoms with E-state index in [1.807, 2.05) is 0 Å². The highest BCUT2D eigenvalue weighted by Gasteiger charge is 2.13. The molecule has 5 heteroatoms. The van der Waals surface area contributed by atoms with Gasteiger partial charge >= 0.3 is 5.97 Å². The molecule has 0 saturated carbocycles. The van der Waals surface area contributed by atoms with Crippen LogP contribution in [0.3, 0.4) is 0 Å². The van der Waals surface area contributed by atoms with Crippen LogP contribution in [0.1, 0.15) is 16.2 Å². The molecule has 0 saturated heterocycles. The van der Waals surface area contributed by atoms with Crippen LogP contribution < -0.4 is 0 Å². The maximum Gasteiger partial charge on any atom is 0.354 e. The zero-order valence-electron chi connectivity index (χ0n) is 8.08. The van der Waals surface area contributed by atoms with E-state index in [4.69, 9.17) is 5.11 Å². The largest absolute Gasteiger partial charge is 0.477 e. The Balaban J connectivity index is 2.58. The summed E-state index contributed by atoms with van der Waals surface area (Å²) >= 11 is 0. The van der Waals surface area contributed by atoms with Gasteiger partial charge in [0, 0.05) is 6.20 Å². The first-order valence-corrected chi connectivity index (χ1v) is 4.40. The molecule has 0 atom stereocenters. The molecule has 0 aliphatic carbocycles. The van der Waals surface area contributed by atoms with Crippen molar-refractivity contribution >= 4 is 5.97 Å². The Hall–Kier alpha value is -2.17. The molecule has 0 amide bonds. The molecule has 5 nitrogen and oxygen atoms in total. The van der Waals surface area contributed by atoms with Gasteiger partial charge in [-0.15, -0.1) is 0 Å². The van der Waals surface area contributed by atoms with Crippen LogP contribution in [0.2, 0.25) is 0 Å². The number of carboxylic acid groups (broad SMARTS) is 1. The van der Waals surface area contributed by atoms with Gasteiger partial charge in [-0.1, -0.05) is 6.07 Å². The monoisotopic (exact) mass is 203 g/mol. The number of nitrogens with zero attached hydrogens (tertiary/aromatic N) is 3. The Morgan fingerprint density at radius 3 is 2.87 bits per heavy atom. The SMILES string of the molecule is Cc1cc(C(=O)O)n(-c2ccccn2)n1. The Morgan fingerprint density at radius 1 is 1.47 bits per heavy atom. The first-order valence-electron chi connectivity index (χ1n) is 4.40. The summed E-state index contributed by atoms with van der Waals surface area (Å²) in [6.07, 6.45) is 1.60. The second-order valence-corrected chi connectivity index (χ2v) is 3.08. The normalized spacial score (nSPS) is 10.2. The van der Waals surface area contributed by atoms with Crippen molar-refractivity contribution < 1.29 is 9.90 Å². The summed E-state index contributed by atoms with van der Waals surface area (Å²) in [7, 11) is 0. The number of hydrogen-bond donors (Lipinski definition) is 1. The number of carboxylic acids is 1. The van der Waals surface area contributed by atoms with Gasteiger partial charge in [0.25, 0.3) is 0 Å². The lowest BCUT2D eigenvalue weighted by molar-refractivity contribution is 0.0687. The number of rotatable bonds is 2. The van der Waals surface area contributed by atoms with Gasteiger partial charge in [-0.3, -0.25) is 0 Å². The first kappa shape index (κ1) is 9.39. The van der Waals surface area contributed by atoms with E-state index in [0.29, 0.717) is 11.5 Å². The molecule has 0 radical (unpaired) electrons. The van der Waals surface area contributed by atoms with E-state index in [1.54, 1.807) is 31.3 Å². The molecule has 15 heavy (non-hydrogen) atoms. The summed E-state index contributed by atoms with van der Waals surface area (Å²) in [5.41, 5.74) is 0.768. The fourth-order valence-corrected chi connectivity index (χ4v) is 1.31. The van der Waals surface area contributed by atoms with Crippen molar-refractivity contribution in [3.63, 3.8) is 0 Å². The number of aromatic carboxylic acids is 1. The van der Waals surface area contributed by atoms with Gasteiger partial charge in [0.2, 0.25) is 0 Å². The van der Waals surface area contributed by atoms with Crippen LogP contribution in [-0.2, 0) is 0 Å². The molecule has 1 N–H and O–H groups in total. The van der Waals surface area contributed by atoms with Crippen LogP contribution in [0.4, 0.5) is 0 Å². The van der Waals surface area contributed by atoms with E-state index in [-0.39, 0.29) is 5.69 Å². The van der Waals surface area contributed by atoms with Crippen molar-refractivity contribution in [2.45, 2.75) is 6.92 Å². The van der Waals surface area contributed by atoms with E-state index < -0.39 is 5.97 Å². The van der Waals surface area contributed by atoms with Crippen molar-refractivity contribution in [1.29, 1.82) is 0 Å². The summed E-state index contributed by atoms with van der Waals surface area (Å²) in [6.45, 7) is 1.74. The molecule has 2 heterocycles. The van der Waals surface area contributed by atoms with Crippen molar-refractivity contribution in [2.75, 3.05) is 0 Å². The quantitative estimate of drug-likeness (QED) is 0.798. The van der Waals surface area contributed by atoms with Crippen molar-refractivity contribution in [2.24, 2.45) is 0 Å². The van der Waals surface area contributed by atoms with E-state index in [9.17, 15) is 4.79 Å². The van der Waals surface area contributed by atoms with Gasteiger partial charge in [-0.05, 0) is 25.1 Å². The van der Waals surface area contributed by atoms with Crippen LogP contribution in [-0.4, -0.2) is 25.8 Å². The van der Waals surface area contributed by atoms with E-state index in [1.165, 1.54) is 10.7 Å². The third-order valence-electron chi connectivity index (χ3n) is 1.92. The maximum absolute atomic E-state index is 10.9. The first-order chi connectivity index (χ1) is 7.18. The third kappa shape index (κ3) is 1.71. The van der Waals surface area contributed by atoms with E-state index in [2.05, 4.69) is 10.1 Å². The predicted octanol–water partition coefficient (Wildman–Crippen LogP) is 1.27. The summed E-state index contributed by atoms with van der Waals surface area (Å²) < 4.78 is 1.32. The van der Waals surface area contributed by atoms with Crippen LogP contribution in [0, 0.1) is 6.92 Å². The molecule has 0 aliphatic heterocycles. The molecule has 2 aromatic rings. The van der Waals surface area contributed by atoms with Gasteiger partial charge in [-0.2, -0.15) is 5.10 Å². The van der Waals surface area contributed by atoms with Gasteiger partial charge < -0.3 is 5.11 Å². The molecule has 0 spiro atoms. The van der Waals surface area contributed by atoms with Gasteiger partial charge in [0.15, 0.2) is 11.5 Å². The molecule has 0 bridgehead atoms. The van der Waals surface area contributed by atoms with Gasteiger partial charge in [0.1, 0.15) is 0 Å². The summed E-state index contributed by atoms with van der Waals surface area (Å²) in [5, 5.41) is 13.0. The molecular formula is C10H9N3O2. The minimum Gasteiger partial charge on any atom is -0.477 e. The number of hydrogen-bond acceptors (Lipinski definition) is 3. The zero-order valence-corrected chi connectivity index (χ0v) is 8.08. The molecular weight excluding hydrogens is 194 g/mol. The highest BCUT2D eigenvalue weighted by atomic mass is 16.4. The smallest absolute Gasteiger partial charge is 0.354 e. The Morgan fingerprint density at radius 2 is 2.27 bits per heavy atom. The Kier molecular flexibility index (Phi) is 2.21. The summed E-state index contributed by atoms with van der Waals surface area (Å²) in [5.74, 6) is -0.510. The van der Waals surface area contributed by atoms with Crippen LogP contribution in [0.5, 0.6) is 0 Å². The number of aryl methyl sites for hydroxylation is 1. The van der Waals surface area contributed by atoms with Crippen molar-refractivity contribution in [3.05, 3.63) is 41.9 Å². The van der Waals surface area contributed by atoms with Crippen LogP contribution in [0.25, 0.3) is 5.82 Å². The minimum atomic E-state index is -1.01. The van der Waals surface area contributed by atoms with Crippen LogP contribution in [0.15, 0.2) is 30.5 Å². The predicted molar refractivity (Wildman–Crippen MR) is 53.1 cm³/mol. The lowest BCUT2D eigenvalue weighted by Crippen LogP contribution is -2.08. The highest BCUT2D eigenvalue weighted by Crippen LogP contribution is 2.09. The Bertz CT molecular complexity index is 491. The molecule has 0 fully saturated rings. The van der Waals surface area contributed by atoms with Crippen molar-refractivity contribution in [1.82, 2.24) is 14.8 Å². The average molecular weight is 203 g/mol. The summed E-state index contributed by atoms with van der Waals surface area (Å²) in [6, 6.07) is 6.77. The molecule has 0 unspecified atom stereocenters. The lowest BCUT2D eigenvalue weighted by Gasteiger charge is -2.01. The maximum atomic E-state index is 10.9. The second-order valence-electron chi connectivity index (χ2n) is 3.08. The Labute approximate surface area is 86.0 Å². The molecule has 2 rings (SSSR count). The molecule has 0 aliphatic rings. The average Bonchev–Trinajstić information content (AvgIpc) is 2.62. The topological polar surface area (TPSA) is 68.0 Å². The fraction of sp³-hybridized carbons (Fsp3) is 0.100. The van der Waals surface area contributed by atoms with Crippen molar-refractivity contribution in [3.8, 4) is 5.82 Å². The minimum absolute atomic E-state index is 0.117. The lowest BCUT2D eigenvalue weighted by atomic mass is 10.3. The summed E-state index contributed by atoms with van der Waals surface area (Å²) in [4.78, 5) is 15.0. The van der Waals surface area contributed by atoms with E-state index in [0.717, 1.165) is 0 Å².